The lowest BCUT2D eigenvalue weighted by molar-refractivity contribution is -0.143. The Labute approximate surface area is 131 Å². The van der Waals surface area contributed by atoms with Crippen molar-refractivity contribution in [3.63, 3.8) is 0 Å². The van der Waals surface area contributed by atoms with E-state index in [0.717, 1.165) is 29.8 Å². The minimum Gasteiger partial charge on any atom is -0.468 e. The second-order valence-electron chi connectivity index (χ2n) is 6.00. The monoisotopic (exact) mass is 329 g/mol. The molecule has 126 valence electrons. The molecule has 0 unspecified atom stereocenters. The van der Waals surface area contributed by atoms with Gasteiger partial charge in [0.05, 0.1) is 18.8 Å². The maximum Gasteiger partial charge on any atom is 0.408 e. The average Bonchev–Trinajstić information content (AvgIpc) is 3.11. The van der Waals surface area contributed by atoms with Gasteiger partial charge in [0.25, 0.3) is 0 Å². The number of furan rings is 1. The van der Waals surface area contributed by atoms with Gasteiger partial charge in [-0.2, -0.15) is 13.2 Å². The Morgan fingerprint density at radius 3 is 2.91 bits per heavy atom. The lowest BCUT2D eigenvalue weighted by Gasteiger charge is -2.36. The van der Waals surface area contributed by atoms with Gasteiger partial charge in [0.1, 0.15) is 12.3 Å². The molecule has 0 bridgehead atoms. The van der Waals surface area contributed by atoms with Gasteiger partial charge in [-0.25, -0.2) is 4.68 Å². The van der Waals surface area contributed by atoms with Gasteiger partial charge in [0, 0.05) is 0 Å². The molecule has 3 rings (SSSR count). The van der Waals surface area contributed by atoms with Gasteiger partial charge in [0.15, 0.2) is 5.82 Å². The van der Waals surface area contributed by atoms with Crippen molar-refractivity contribution in [2.45, 2.75) is 45.1 Å². The number of nitrogens with zero attached hydrogens (tertiary/aromatic N) is 5. The van der Waals surface area contributed by atoms with Crippen molar-refractivity contribution >= 4 is 0 Å². The zero-order valence-electron chi connectivity index (χ0n) is 12.7. The maximum absolute atomic E-state index is 12.6. The number of rotatable bonds is 4. The molecule has 2 aromatic heterocycles. The first-order valence-electron chi connectivity index (χ1n) is 7.51. The molecule has 0 spiro atoms. The normalized spacial score (nSPS) is 23.3. The van der Waals surface area contributed by atoms with Gasteiger partial charge < -0.3 is 4.42 Å². The third kappa shape index (κ3) is 3.90. The molecule has 0 saturated carbocycles. The second kappa shape index (κ2) is 6.31. The van der Waals surface area contributed by atoms with Crippen LogP contribution in [0.15, 0.2) is 22.8 Å². The SMILES string of the molecule is C[C@H]1CCN(Cc2nnnn2CC(F)(F)F)[C@H](c2ccco2)C1. The summed E-state index contributed by atoms with van der Waals surface area (Å²) in [7, 11) is 0. The smallest absolute Gasteiger partial charge is 0.408 e. The highest BCUT2D eigenvalue weighted by Gasteiger charge is 2.33. The van der Waals surface area contributed by atoms with Crippen molar-refractivity contribution in [3.8, 4) is 0 Å². The predicted molar refractivity (Wildman–Crippen MR) is 74.1 cm³/mol. The summed E-state index contributed by atoms with van der Waals surface area (Å²) in [6.45, 7) is 2.03. The third-order valence-electron chi connectivity index (χ3n) is 4.13. The molecule has 0 aromatic carbocycles. The zero-order valence-corrected chi connectivity index (χ0v) is 12.7. The number of tetrazole rings is 1. The number of piperidine rings is 1. The van der Waals surface area contributed by atoms with E-state index in [2.05, 4.69) is 27.3 Å². The molecule has 1 fully saturated rings. The third-order valence-corrected chi connectivity index (χ3v) is 4.13. The molecule has 1 saturated heterocycles. The van der Waals surface area contributed by atoms with E-state index in [4.69, 9.17) is 4.42 Å². The summed E-state index contributed by atoms with van der Waals surface area (Å²) in [5.41, 5.74) is 0. The van der Waals surface area contributed by atoms with Crippen LogP contribution in [0.5, 0.6) is 0 Å². The van der Waals surface area contributed by atoms with Gasteiger partial charge in [-0.1, -0.05) is 6.92 Å². The van der Waals surface area contributed by atoms with Crippen LogP contribution in [0.4, 0.5) is 13.2 Å². The molecule has 0 amide bonds. The van der Waals surface area contributed by atoms with Crippen LogP contribution < -0.4 is 0 Å². The van der Waals surface area contributed by atoms with E-state index < -0.39 is 12.7 Å². The van der Waals surface area contributed by atoms with Crippen LogP contribution in [0.25, 0.3) is 0 Å². The van der Waals surface area contributed by atoms with E-state index in [1.165, 1.54) is 0 Å². The van der Waals surface area contributed by atoms with Crippen LogP contribution in [0.2, 0.25) is 0 Å². The van der Waals surface area contributed by atoms with Crippen molar-refractivity contribution in [2.24, 2.45) is 5.92 Å². The Balaban J connectivity index is 1.77. The van der Waals surface area contributed by atoms with E-state index in [-0.39, 0.29) is 18.4 Å². The van der Waals surface area contributed by atoms with Crippen LogP contribution in [-0.2, 0) is 13.1 Å². The molecule has 2 atom stereocenters. The molecule has 0 N–H and O–H groups in total. The Kier molecular flexibility index (Phi) is 4.38. The molecule has 6 nitrogen and oxygen atoms in total. The van der Waals surface area contributed by atoms with Crippen molar-refractivity contribution in [1.29, 1.82) is 0 Å². The Bertz CT molecular complexity index is 625. The number of aromatic nitrogens is 4. The fourth-order valence-electron chi connectivity index (χ4n) is 2.97. The lowest BCUT2D eigenvalue weighted by Crippen LogP contribution is -2.36. The molecular weight excluding hydrogens is 311 g/mol. The molecule has 2 aromatic rings. The van der Waals surface area contributed by atoms with Crippen LogP contribution >= 0.6 is 0 Å². The fraction of sp³-hybridized carbons (Fsp3) is 0.643. The van der Waals surface area contributed by atoms with Crippen molar-refractivity contribution < 1.29 is 17.6 Å². The van der Waals surface area contributed by atoms with E-state index in [9.17, 15) is 13.2 Å². The van der Waals surface area contributed by atoms with Gasteiger partial charge >= 0.3 is 6.18 Å². The Hall–Kier alpha value is -1.90. The molecule has 3 heterocycles. The van der Waals surface area contributed by atoms with Gasteiger partial charge in [-0.05, 0) is 47.9 Å². The molecular formula is C14H18F3N5O. The summed E-state index contributed by atoms with van der Waals surface area (Å²) < 4.78 is 44.1. The summed E-state index contributed by atoms with van der Waals surface area (Å²) in [4.78, 5) is 2.08. The molecule has 0 radical (unpaired) electrons. The van der Waals surface area contributed by atoms with Crippen molar-refractivity contribution in [1.82, 2.24) is 25.1 Å². The van der Waals surface area contributed by atoms with Crippen LogP contribution in [0.3, 0.4) is 0 Å². The topological polar surface area (TPSA) is 60.0 Å². The maximum atomic E-state index is 12.6. The number of hydrogen-bond acceptors (Lipinski definition) is 5. The number of hydrogen-bond donors (Lipinski definition) is 0. The molecule has 1 aliphatic heterocycles. The summed E-state index contributed by atoms with van der Waals surface area (Å²) in [6.07, 6.45) is -0.853. The molecule has 1 aliphatic rings. The second-order valence-corrected chi connectivity index (χ2v) is 6.00. The average molecular weight is 329 g/mol. The minimum absolute atomic E-state index is 0.0322. The summed E-state index contributed by atoms with van der Waals surface area (Å²) in [5.74, 6) is 1.58. The standard InChI is InChI=1S/C14H18F3N5O/c1-10-4-5-21(11(7-10)12-3-2-6-23-12)8-13-18-19-20-22(13)9-14(15,16)17/h2-3,6,10-11H,4-5,7-9H2,1H3/t10-,11-/m0/s1. The van der Waals surface area contributed by atoms with E-state index >= 15 is 0 Å². The highest BCUT2D eigenvalue weighted by molar-refractivity contribution is 5.06. The van der Waals surface area contributed by atoms with Crippen molar-refractivity contribution in [2.75, 3.05) is 6.54 Å². The largest absolute Gasteiger partial charge is 0.468 e. The molecule has 9 heteroatoms. The first-order chi connectivity index (χ1) is 10.9. The van der Waals surface area contributed by atoms with Crippen LogP contribution in [0.1, 0.15) is 37.4 Å². The molecule has 23 heavy (non-hydrogen) atoms. The Morgan fingerprint density at radius 2 is 2.22 bits per heavy atom. The number of likely N-dealkylation sites (tertiary alicyclic amines) is 1. The van der Waals surface area contributed by atoms with Crippen LogP contribution in [-0.4, -0.2) is 37.8 Å². The lowest BCUT2D eigenvalue weighted by atomic mass is 9.91. The quantitative estimate of drug-likeness (QED) is 0.863. The van der Waals surface area contributed by atoms with Crippen LogP contribution in [0, 0.1) is 5.92 Å². The van der Waals surface area contributed by atoms with E-state index in [1.807, 2.05) is 12.1 Å². The summed E-state index contributed by atoms with van der Waals surface area (Å²) in [5, 5.41) is 10.6. The minimum atomic E-state index is -4.35. The Morgan fingerprint density at radius 1 is 1.39 bits per heavy atom. The van der Waals surface area contributed by atoms with E-state index in [1.54, 1.807) is 6.26 Å². The highest BCUT2D eigenvalue weighted by atomic mass is 19.4. The first kappa shape index (κ1) is 16.0. The predicted octanol–water partition coefficient (Wildman–Crippen LogP) is 2.80. The first-order valence-corrected chi connectivity index (χ1v) is 7.51. The summed E-state index contributed by atoms with van der Waals surface area (Å²) >= 11 is 0. The fourth-order valence-corrected chi connectivity index (χ4v) is 2.97. The van der Waals surface area contributed by atoms with Gasteiger partial charge in [0.2, 0.25) is 0 Å². The number of halogens is 3. The van der Waals surface area contributed by atoms with Gasteiger partial charge in [-0.3, -0.25) is 4.90 Å². The highest BCUT2D eigenvalue weighted by Crippen LogP contribution is 2.35. The molecule has 0 aliphatic carbocycles. The van der Waals surface area contributed by atoms with Gasteiger partial charge in [-0.15, -0.1) is 5.10 Å². The zero-order chi connectivity index (χ0) is 16.4. The van der Waals surface area contributed by atoms with Crippen molar-refractivity contribution in [3.05, 3.63) is 30.0 Å². The summed E-state index contributed by atoms with van der Waals surface area (Å²) in [6, 6.07) is 3.75. The van der Waals surface area contributed by atoms with E-state index in [0.29, 0.717) is 5.92 Å². The number of alkyl halides is 3.